The molecule has 10 nitrogen and oxygen atoms in total. The number of nitrogens with one attached hydrogen (secondary N) is 3. The fourth-order valence-corrected chi connectivity index (χ4v) is 5.73. The molecule has 2 amide bonds. The Balaban J connectivity index is 1.23. The SMILES string of the molecule is CC(C)c1ccc2c(Nc3cc(C(=O)Nc4ccc(Br)cn4)ccc3Sc3ccc(NC(=O)OCc4ccccc4)cc3)ncnc2n1. The number of nitrogens with zero attached hydrogens (tertiary/aromatic N) is 4. The van der Waals surface area contributed by atoms with Crippen molar-refractivity contribution >= 4 is 73.7 Å². The van der Waals surface area contributed by atoms with Crippen LogP contribution >= 0.6 is 27.7 Å². The van der Waals surface area contributed by atoms with Crippen LogP contribution in [-0.2, 0) is 11.3 Å². The quantitative estimate of drug-likeness (QED) is 0.127. The van der Waals surface area contributed by atoms with Gasteiger partial charge in [-0.3, -0.25) is 10.1 Å². The number of pyridine rings is 2. The highest BCUT2D eigenvalue weighted by Crippen LogP contribution is 2.37. The maximum atomic E-state index is 13.3. The third-order valence-electron chi connectivity index (χ3n) is 7.12. The summed E-state index contributed by atoms with van der Waals surface area (Å²) in [5.74, 6) is 0.934. The maximum absolute atomic E-state index is 13.3. The molecule has 240 valence electrons. The van der Waals surface area contributed by atoms with Gasteiger partial charge in [-0.15, -0.1) is 0 Å². The highest BCUT2D eigenvalue weighted by Gasteiger charge is 2.15. The van der Waals surface area contributed by atoms with Crippen molar-refractivity contribution in [2.45, 2.75) is 36.2 Å². The van der Waals surface area contributed by atoms with Crippen molar-refractivity contribution in [1.82, 2.24) is 19.9 Å². The number of amides is 2. The van der Waals surface area contributed by atoms with Gasteiger partial charge in [0.15, 0.2) is 5.65 Å². The van der Waals surface area contributed by atoms with Gasteiger partial charge in [-0.2, -0.15) is 0 Å². The highest BCUT2D eigenvalue weighted by molar-refractivity contribution is 9.10. The van der Waals surface area contributed by atoms with Gasteiger partial charge < -0.3 is 15.4 Å². The molecule has 0 fully saturated rings. The molecule has 0 saturated carbocycles. The summed E-state index contributed by atoms with van der Waals surface area (Å²) < 4.78 is 6.15. The van der Waals surface area contributed by atoms with Crippen LogP contribution in [-0.4, -0.2) is 31.9 Å². The molecule has 3 N–H and O–H groups in total. The molecular weight excluding hydrogens is 690 g/mol. The lowest BCUT2D eigenvalue weighted by atomic mass is 10.1. The van der Waals surface area contributed by atoms with Crippen LogP contribution in [0.4, 0.5) is 27.8 Å². The normalized spacial score (nSPS) is 10.9. The minimum Gasteiger partial charge on any atom is -0.444 e. The molecular formula is C36H30BrN7O3S. The number of carbonyl (C=O) groups excluding carboxylic acids is 2. The van der Waals surface area contributed by atoms with Gasteiger partial charge in [-0.25, -0.2) is 24.7 Å². The first-order chi connectivity index (χ1) is 23.3. The number of fused-ring (bicyclic) bond motifs is 1. The minimum absolute atomic E-state index is 0.181. The Morgan fingerprint density at radius 2 is 1.69 bits per heavy atom. The van der Waals surface area contributed by atoms with E-state index in [0.717, 1.165) is 30.9 Å². The number of ether oxygens (including phenoxy) is 1. The van der Waals surface area contributed by atoms with Crippen molar-refractivity contribution in [3.63, 3.8) is 0 Å². The Kier molecular flexibility index (Phi) is 10.2. The van der Waals surface area contributed by atoms with Crippen LogP contribution in [0.2, 0.25) is 0 Å². The third-order valence-corrected chi connectivity index (χ3v) is 8.67. The fourth-order valence-electron chi connectivity index (χ4n) is 4.61. The average Bonchev–Trinajstić information content (AvgIpc) is 3.10. The summed E-state index contributed by atoms with van der Waals surface area (Å²) in [5, 5.41) is 9.79. The van der Waals surface area contributed by atoms with Crippen molar-refractivity contribution in [1.29, 1.82) is 0 Å². The molecule has 0 atom stereocenters. The lowest BCUT2D eigenvalue weighted by molar-refractivity contribution is 0.102. The van der Waals surface area contributed by atoms with Gasteiger partial charge in [0.05, 0.1) is 11.1 Å². The monoisotopic (exact) mass is 719 g/mol. The molecule has 12 heteroatoms. The summed E-state index contributed by atoms with van der Waals surface area (Å²) in [5.41, 5.74) is 4.11. The predicted octanol–water partition coefficient (Wildman–Crippen LogP) is 9.20. The summed E-state index contributed by atoms with van der Waals surface area (Å²) in [4.78, 5) is 45.2. The molecule has 0 aliphatic heterocycles. The first-order valence-corrected chi connectivity index (χ1v) is 16.6. The Morgan fingerprint density at radius 3 is 2.44 bits per heavy atom. The lowest BCUT2D eigenvalue weighted by Crippen LogP contribution is -2.13. The molecule has 0 aliphatic rings. The van der Waals surface area contributed by atoms with Gasteiger partial charge in [0, 0.05) is 37.4 Å². The van der Waals surface area contributed by atoms with Gasteiger partial charge in [0.2, 0.25) is 0 Å². The molecule has 6 rings (SSSR count). The van der Waals surface area contributed by atoms with Crippen LogP contribution in [0.3, 0.4) is 0 Å². The van der Waals surface area contributed by atoms with Crippen molar-refractivity contribution < 1.29 is 14.3 Å². The zero-order valence-corrected chi connectivity index (χ0v) is 28.4. The topological polar surface area (TPSA) is 131 Å². The summed E-state index contributed by atoms with van der Waals surface area (Å²) >= 11 is 4.86. The zero-order valence-electron chi connectivity index (χ0n) is 26.0. The summed E-state index contributed by atoms with van der Waals surface area (Å²) in [6, 6.07) is 29.8. The summed E-state index contributed by atoms with van der Waals surface area (Å²) in [6.45, 7) is 4.35. The van der Waals surface area contributed by atoms with Crippen LogP contribution in [0.1, 0.15) is 41.4 Å². The third kappa shape index (κ3) is 8.33. The number of carbonyl (C=O) groups is 2. The average molecular weight is 721 g/mol. The molecule has 3 heterocycles. The molecule has 48 heavy (non-hydrogen) atoms. The molecule has 0 spiro atoms. The standard InChI is InChI=1S/C36H30BrN7O3S/c1-22(2)29-15-14-28-33(42-29)39-21-40-34(28)43-30-18-24(35(45)44-32-17-9-25(37)19-38-32)8-16-31(30)48-27-12-10-26(11-13-27)41-36(46)47-20-23-6-4-3-5-7-23/h3-19,21-22H,20H2,1-2H3,(H,41,46)(H,38,44,45)(H,39,40,42,43). The summed E-state index contributed by atoms with van der Waals surface area (Å²) in [7, 11) is 0. The van der Waals surface area contributed by atoms with E-state index in [0.29, 0.717) is 34.2 Å². The maximum Gasteiger partial charge on any atom is 0.411 e. The van der Waals surface area contributed by atoms with Crippen LogP contribution < -0.4 is 16.0 Å². The van der Waals surface area contributed by atoms with Crippen LogP contribution in [0.25, 0.3) is 11.0 Å². The fraction of sp³-hybridized carbons (Fsp3) is 0.111. The summed E-state index contributed by atoms with van der Waals surface area (Å²) in [6.07, 6.45) is 2.56. The zero-order chi connectivity index (χ0) is 33.5. The van der Waals surface area contributed by atoms with Gasteiger partial charge in [-0.05, 0) is 94.1 Å². The number of benzene rings is 3. The number of hydrogen-bond acceptors (Lipinski definition) is 9. The van der Waals surface area contributed by atoms with Crippen molar-refractivity contribution in [2.24, 2.45) is 0 Å². The highest BCUT2D eigenvalue weighted by atomic mass is 79.9. The van der Waals surface area contributed by atoms with E-state index in [-0.39, 0.29) is 18.4 Å². The van der Waals surface area contributed by atoms with Crippen molar-refractivity contribution in [3.05, 3.63) is 131 Å². The largest absolute Gasteiger partial charge is 0.444 e. The van der Waals surface area contributed by atoms with Gasteiger partial charge in [-0.1, -0.05) is 55.9 Å². The van der Waals surface area contributed by atoms with E-state index in [1.165, 1.54) is 18.1 Å². The molecule has 0 radical (unpaired) electrons. The minimum atomic E-state index is -0.537. The first-order valence-electron chi connectivity index (χ1n) is 15.0. The molecule has 3 aromatic carbocycles. The molecule has 0 saturated heterocycles. The second-order valence-electron chi connectivity index (χ2n) is 10.9. The molecule has 0 unspecified atom stereocenters. The number of aromatic nitrogens is 4. The van der Waals surface area contributed by atoms with E-state index < -0.39 is 6.09 Å². The van der Waals surface area contributed by atoms with Crippen LogP contribution in [0, 0.1) is 0 Å². The van der Waals surface area contributed by atoms with Crippen LogP contribution in [0.15, 0.2) is 124 Å². The van der Waals surface area contributed by atoms with Crippen molar-refractivity contribution in [2.75, 3.05) is 16.0 Å². The number of rotatable bonds is 10. The second-order valence-corrected chi connectivity index (χ2v) is 13.0. The van der Waals surface area contributed by atoms with Gasteiger partial charge >= 0.3 is 6.09 Å². The van der Waals surface area contributed by atoms with Crippen molar-refractivity contribution in [3.8, 4) is 0 Å². The number of anilines is 4. The Labute approximate surface area is 289 Å². The Morgan fingerprint density at radius 1 is 0.875 bits per heavy atom. The molecule has 6 aromatic rings. The molecule has 3 aromatic heterocycles. The second kappa shape index (κ2) is 15.1. The van der Waals surface area contributed by atoms with E-state index in [9.17, 15) is 9.59 Å². The number of halogens is 1. The first kappa shape index (κ1) is 32.6. The predicted molar refractivity (Wildman–Crippen MR) is 192 cm³/mol. The number of hydrogen-bond donors (Lipinski definition) is 3. The van der Waals surface area contributed by atoms with E-state index in [2.05, 4.69) is 60.7 Å². The van der Waals surface area contributed by atoms with E-state index in [1.54, 1.807) is 24.4 Å². The Bertz CT molecular complexity index is 2060. The van der Waals surface area contributed by atoms with Crippen LogP contribution in [0.5, 0.6) is 0 Å². The van der Waals surface area contributed by atoms with E-state index >= 15 is 0 Å². The lowest BCUT2D eigenvalue weighted by Gasteiger charge is -2.15. The van der Waals surface area contributed by atoms with E-state index in [4.69, 9.17) is 9.72 Å². The molecule has 0 bridgehead atoms. The van der Waals surface area contributed by atoms with E-state index in [1.807, 2.05) is 78.9 Å². The van der Waals surface area contributed by atoms with Gasteiger partial charge in [0.25, 0.3) is 5.91 Å². The Hall–Kier alpha value is -5.33. The van der Waals surface area contributed by atoms with Gasteiger partial charge in [0.1, 0.15) is 24.6 Å². The molecule has 0 aliphatic carbocycles. The smallest absolute Gasteiger partial charge is 0.411 e.